The number of nitrogens with zero attached hydrogens (tertiary/aromatic N) is 3. The zero-order chi connectivity index (χ0) is 50.1. The molecular formula is C71H57N3. The van der Waals surface area contributed by atoms with E-state index in [4.69, 9.17) is 11.6 Å². The van der Waals surface area contributed by atoms with Gasteiger partial charge in [0.2, 0.25) is 0 Å². The molecule has 0 saturated carbocycles. The normalized spacial score (nSPS) is 14.0. The van der Waals surface area contributed by atoms with Gasteiger partial charge in [-0.25, -0.2) is 4.99 Å². The SMILES string of the molecule is C=C(C(=Nc1cccc(-c2ccc3ccccc3c2)c1C)c1ccc(CC2=CCC3C(=C2)c2ccccc2N3c2ccccc2)cc1)c1ccc(N(c2ccccc2)c2ccc(C)c(-c3ccccc3C)c2)cc1. The summed E-state index contributed by atoms with van der Waals surface area (Å²) in [5.41, 5.74) is 24.2. The van der Waals surface area contributed by atoms with Gasteiger partial charge >= 0.3 is 0 Å². The Morgan fingerprint density at radius 2 is 1.16 bits per heavy atom. The number of para-hydroxylation sites is 3. The van der Waals surface area contributed by atoms with Crippen LogP contribution in [0.2, 0.25) is 0 Å². The van der Waals surface area contributed by atoms with Gasteiger partial charge in [-0.1, -0.05) is 189 Å². The van der Waals surface area contributed by atoms with Gasteiger partial charge in [-0.05, 0) is 172 Å². The lowest BCUT2D eigenvalue weighted by Gasteiger charge is -2.29. The van der Waals surface area contributed by atoms with Crippen molar-refractivity contribution in [1.82, 2.24) is 0 Å². The third-order valence-corrected chi connectivity index (χ3v) is 15.0. The Hall–Kier alpha value is -9.05. The van der Waals surface area contributed by atoms with E-state index in [2.05, 4.69) is 279 Å². The number of hydrogen-bond donors (Lipinski definition) is 0. The molecule has 0 fully saturated rings. The fourth-order valence-electron chi connectivity index (χ4n) is 11.1. The Kier molecular flexibility index (Phi) is 12.4. The fourth-order valence-corrected chi connectivity index (χ4v) is 11.1. The summed E-state index contributed by atoms with van der Waals surface area (Å²) in [6.07, 6.45) is 6.68. The van der Waals surface area contributed by atoms with Crippen LogP contribution in [0.25, 0.3) is 44.2 Å². The number of hydrogen-bond acceptors (Lipinski definition) is 3. The van der Waals surface area contributed by atoms with E-state index in [1.165, 1.54) is 77.8 Å². The average molecular weight is 952 g/mol. The summed E-state index contributed by atoms with van der Waals surface area (Å²) in [6.45, 7) is 11.4. The highest BCUT2D eigenvalue weighted by molar-refractivity contribution is 6.32. The molecule has 1 aliphatic carbocycles. The van der Waals surface area contributed by atoms with E-state index in [1.807, 2.05) is 0 Å². The fraction of sp³-hybridized carbons (Fsp3) is 0.0845. The number of rotatable bonds is 12. The molecule has 10 aromatic rings. The molecule has 1 atom stereocenters. The van der Waals surface area contributed by atoms with Crippen LogP contribution in [-0.4, -0.2) is 11.8 Å². The Morgan fingerprint density at radius 3 is 1.95 bits per heavy atom. The van der Waals surface area contributed by atoms with E-state index in [9.17, 15) is 0 Å². The van der Waals surface area contributed by atoms with Crippen LogP contribution in [0.15, 0.2) is 266 Å². The van der Waals surface area contributed by atoms with E-state index < -0.39 is 0 Å². The van der Waals surface area contributed by atoms with Gasteiger partial charge < -0.3 is 9.80 Å². The molecule has 2 aliphatic rings. The van der Waals surface area contributed by atoms with E-state index in [-0.39, 0.29) is 6.04 Å². The van der Waals surface area contributed by atoms with Crippen molar-refractivity contribution in [2.75, 3.05) is 9.80 Å². The highest BCUT2D eigenvalue weighted by atomic mass is 15.2. The first-order chi connectivity index (χ1) is 36.3. The number of anilines is 5. The summed E-state index contributed by atoms with van der Waals surface area (Å²) in [7, 11) is 0. The summed E-state index contributed by atoms with van der Waals surface area (Å²) in [5.74, 6) is 0. The first kappa shape index (κ1) is 46.0. The molecule has 1 heterocycles. The van der Waals surface area contributed by atoms with E-state index in [0.29, 0.717) is 0 Å². The maximum atomic E-state index is 5.58. The molecule has 356 valence electrons. The molecule has 0 bridgehead atoms. The zero-order valence-corrected chi connectivity index (χ0v) is 42.2. The summed E-state index contributed by atoms with van der Waals surface area (Å²) in [6, 6.07) is 85.6. The van der Waals surface area contributed by atoms with Crippen LogP contribution in [0, 0.1) is 20.8 Å². The number of aryl methyl sites for hydroxylation is 2. The van der Waals surface area contributed by atoms with Crippen LogP contribution in [-0.2, 0) is 6.42 Å². The second kappa shape index (κ2) is 19.9. The number of fused-ring (bicyclic) bond motifs is 4. The van der Waals surface area contributed by atoms with Crippen molar-refractivity contribution < 1.29 is 0 Å². The second-order valence-corrected chi connectivity index (χ2v) is 19.7. The molecule has 0 saturated heterocycles. The first-order valence-corrected chi connectivity index (χ1v) is 25.8. The van der Waals surface area contributed by atoms with Crippen molar-refractivity contribution in [2.45, 2.75) is 39.7 Å². The van der Waals surface area contributed by atoms with Crippen molar-refractivity contribution in [3.63, 3.8) is 0 Å². The van der Waals surface area contributed by atoms with Crippen LogP contribution < -0.4 is 9.80 Å². The first-order valence-electron chi connectivity index (χ1n) is 25.8. The lowest BCUT2D eigenvalue weighted by atomic mass is 9.89. The van der Waals surface area contributed by atoms with Gasteiger partial charge in [-0.3, -0.25) is 0 Å². The molecular weight excluding hydrogens is 895 g/mol. The molecule has 0 radical (unpaired) electrons. The quantitative estimate of drug-likeness (QED) is 0.114. The van der Waals surface area contributed by atoms with Crippen LogP contribution in [0.4, 0.5) is 34.1 Å². The van der Waals surface area contributed by atoms with Gasteiger partial charge in [-0.2, -0.15) is 0 Å². The van der Waals surface area contributed by atoms with E-state index in [0.717, 1.165) is 63.6 Å². The minimum Gasteiger partial charge on any atom is -0.333 e. The van der Waals surface area contributed by atoms with E-state index in [1.54, 1.807) is 0 Å². The predicted molar refractivity (Wildman–Crippen MR) is 315 cm³/mol. The number of aliphatic imine (C=N–C) groups is 1. The standard InChI is InChI=1S/C71H57N3/c1-48-18-11-14-25-63(48)66-47-62(40-30-49(66)2)73(59-21-7-5-8-22-59)61-41-38-54(39-42-61)50(3)71(72-68-28-17-27-64(51(68)4)58-37-36-55-19-12-13-20-57(55)46-58)56-34-31-52(32-35-56)44-53-33-43-70-67(45-53)65-26-15-16-29-69(65)74(70)60-23-9-6-10-24-60/h5-42,45-47,70H,3,43-44H2,1-2,4H3. The number of allylic oxidation sites excluding steroid dienone is 3. The van der Waals surface area contributed by atoms with Crippen molar-refractivity contribution in [3.05, 3.63) is 300 Å². The summed E-state index contributed by atoms with van der Waals surface area (Å²) >= 11 is 0. The summed E-state index contributed by atoms with van der Waals surface area (Å²) in [5, 5.41) is 2.45. The zero-order valence-electron chi connectivity index (χ0n) is 42.2. The lowest BCUT2D eigenvalue weighted by molar-refractivity contribution is 0.819. The Morgan fingerprint density at radius 1 is 0.527 bits per heavy atom. The van der Waals surface area contributed by atoms with Crippen molar-refractivity contribution in [2.24, 2.45) is 4.99 Å². The lowest BCUT2D eigenvalue weighted by Crippen LogP contribution is -2.27. The van der Waals surface area contributed by atoms with Crippen LogP contribution >= 0.6 is 0 Å². The van der Waals surface area contributed by atoms with Crippen LogP contribution in [0.3, 0.4) is 0 Å². The molecule has 0 aromatic heterocycles. The molecule has 0 amide bonds. The summed E-state index contributed by atoms with van der Waals surface area (Å²) in [4.78, 5) is 10.4. The molecule has 12 rings (SSSR count). The second-order valence-electron chi connectivity index (χ2n) is 19.7. The van der Waals surface area contributed by atoms with Gasteiger partial charge in [-0.15, -0.1) is 0 Å². The minimum atomic E-state index is 0.281. The molecule has 3 nitrogen and oxygen atoms in total. The highest BCUT2D eigenvalue weighted by Gasteiger charge is 2.35. The highest BCUT2D eigenvalue weighted by Crippen LogP contribution is 2.48. The Labute approximate surface area is 436 Å². The predicted octanol–water partition coefficient (Wildman–Crippen LogP) is 18.9. The maximum absolute atomic E-state index is 5.58. The third-order valence-electron chi connectivity index (χ3n) is 15.0. The number of benzene rings is 10. The van der Waals surface area contributed by atoms with E-state index >= 15 is 0 Å². The largest absolute Gasteiger partial charge is 0.333 e. The molecule has 1 unspecified atom stereocenters. The van der Waals surface area contributed by atoms with Gasteiger partial charge in [0.1, 0.15) is 0 Å². The Bertz CT molecular complexity index is 3820. The Balaban J connectivity index is 0.890. The molecule has 3 heteroatoms. The summed E-state index contributed by atoms with van der Waals surface area (Å²) < 4.78 is 0. The maximum Gasteiger partial charge on any atom is 0.0781 e. The van der Waals surface area contributed by atoms with Gasteiger partial charge in [0, 0.05) is 45.1 Å². The third kappa shape index (κ3) is 8.88. The average Bonchev–Trinajstić information content (AvgIpc) is 3.78. The van der Waals surface area contributed by atoms with Crippen molar-refractivity contribution in [1.29, 1.82) is 0 Å². The molecule has 1 aliphatic heterocycles. The molecule has 74 heavy (non-hydrogen) atoms. The monoisotopic (exact) mass is 951 g/mol. The minimum absolute atomic E-state index is 0.281. The van der Waals surface area contributed by atoms with Crippen molar-refractivity contribution >= 4 is 61.8 Å². The van der Waals surface area contributed by atoms with Crippen LogP contribution in [0.5, 0.6) is 0 Å². The topological polar surface area (TPSA) is 18.8 Å². The molecule has 0 spiro atoms. The van der Waals surface area contributed by atoms with Gasteiger partial charge in [0.25, 0.3) is 0 Å². The van der Waals surface area contributed by atoms with Crippen molar-refractivity contribution in [3.8, 4) is 22.3 Å². The molecule has 0 N–H and O–H groups in total. The molecule has 10 aromatic carbocycles. The van der Waals surface area contributed by atoms with Gasteiger partial charge in [0.05, 0.1) is 17.4 Å². The smallest absolute Gasteiger partial charge is 0.0781 e. The van der Waals surface area contributed by atoms with Gasteiger partial charge in [0.15, 0.2) is 0 Å². The van der Waals surface area contributed by atoms with Crippen LogP contribution in [0.1, 0.15) is 45.4 Å².